The predicted molar refractivity (Wildman–Crippen MR) is 157 cm³/mol. The van der Waals surface area contributed by atoms with Crippen LogP contribution in [0.5, 0.6) is 5.75 Å². The van der Waals surface area contributed by atoms with Gasteiger partial charge in [0.2, 0.25) is 0 Å². The summed E-state index contributed by atoms with van der Waals surface area (Å²) in [5.41, 5.74) is 12.5. The minimum absolute atomic E-state index is 0.208. The predicted octanol–water partition coefficient (Wildman–Crippen LogP) is 4.68. The summed E-state index contributed by atoms with van der Waals surface area (Å²) in [6, 6.07) is 15.8. The van der Waals surface area contributed by atoms with Crippen molar-refractivity contribution < 1.29 is 14.2 Å². The minimum atomic E-state index is -0.583. The van der Waals surface area contributed by atoms with Crippen LogP contribution in [0.4, 0.5) is 10.2 Å². The molecule has 1 atom stereocenters. The lowest BCUT2D eigenvalue weighted by molar-refractivity contribution is 0.0341. The van der Waals surface area contributed by atoms with Crippen LogP contribution < -0.4 is 5.73 Å². The molecule has 0 unspecified atom stereocenters. The van der Waals surface area contributed by atoms with Crippen LogP contribution in [0.2, 0.25) is 0 Å². The molecule has 0 saturated carbocycles. The Morgan fingerprint density at radius 2 is 1.90 bits per heavy atom. The molecule has 5 aromatic heterocycles. The standard InChI is InChI=1S/C31H29FN8O2/c1-19(40-31-27(30(33)35-18-36-31)28(37-40)21-12-22(32)14-24(41)13-21)25-15-23-4-2-3-7-39(23)29(25)26-6-5-20(16-34-26)17-38-8-10-42-11-9-38/h2-7,12-16,18-19,41H,8-11,17H2,1H3,(H2,33,35,36)/t19-/m1/s1. The largest absolute Gasteiger partial charge is 0.508 e. The van der Waals surface area contributed by atoms with E-state index < -0.39 is 5.82 Å². The fraction of sp³-hybridized carbons (Fsp3) is 0.226. The van der Waals surface area contributed by atoms with Crippen molar-refractivity contribution in [1.82, 2.24) is 34.0 Å². The van der Waals surface area contributed by atoms with Gasteiger partial charge in [0.1, 0.15) is 29.4 Å². The molecule has 0 radical (unpaired) electrons. The second-order valence-electron chi connectivity index (χ2n) is 10.5. The second kappa shape index (κ2) is 10.5. The molecule has 1 saturated heterocycles. The number of phenols is 1. The van der Waals surface area contributed by atoms with Crippen molar-refractivity contribution in [2.24, 2.45) is 0 Å². The number of hydrogen-bond acceptors (Lipinski definition) is 8. The van der Waals surface area contributed by atoms with Crippen molar-refractivity contribution in [1.29, 1.82) is 0 Å². The molecule has 0 aliphatic carbocycles. The van der Waals surface area contributed by atoms with Gasteiger partial charge in [-0.3, -0.25) is 9.88 Å². The van der Waals surface area contributed by atoms with Crippen molar-refractivity contribution in [2.75, 3.05) is 32.0 Å². The van der Waals surface area contributed by atoms with E-state index >= 15 is 0 Å². The zero-order valence-electron chi connectivity index (χ0n) is 23.0. The number of morpholine rings is 1. The third kappa shape index (κ3) is 4.62. The van der Waals surface area contributed by atoms with Crippen LogP contribution in [0.1, 0.15) is 24.1 Å². The molecular weight excluding hydrogens is 535 g/mol. The highest BCUT2D eigenvalue weighted by molar-refractivity contribution is 5.98. The third-order valence-corrected chi connectivity index (χ3v) is 7.78. The number of halogens is 1. The van der Waals surface area contributed by atoms with Crippen LogP contribution in [-0.2, 0) is 11.3 Å². The van der Waals surface area contributed by atoms with Crippen LogP contribution in [0.25, 0.3) is 39.2 Å². The Balaban J connectivity index is 1.34. The molecule has 11 heteroatoms. The van der Waals surface area contributed by atoms with E-state index in [4.69, 9.17) is 20.6 Å². The normalized spacial score (nSPS) is 15.0. The monoisotopic (exact) mass is 564 g/mol. The van der Waals surface area contributed by atoms with Gasteiger partial charge in [-0.1, -0.05) is 12.1 Å². The van der Waals surface area contributed by atoms with Gasteiger partial charge < -0.3 is 20.0 Å². The van der Waals surface area contributed by atoms with Gasteiger partial charge in [0.25, 0.3) is 0 Å². The number of nitrogen functional groups attached to an aromatic ring is 1. The first-order chi connectivity index (χ1) is 20.5. The Morgan fingerprint density at radius 1 is 1.05 bits per heavy atom. The van der Waals surface area contributed by atoms with E-state index in [1.807, 2.05) is 31.5 Å². The number of hydrogen-bond donors (Lipinski definition) is 2. The summed E-state index contributed by atoms with van der Waals surface area (Å²) in [5.74, 6) is -0.572. The fourth-order valence-corrected chi connectivity index (χ4v) is 5.72. The van der Waals surface area contributed by atoms with Crippen LogP contribution >= 0.6 is 0 Å². The topological polar surface area (TPSA) is 120 Å². The summed E-state index contributed by atoms with van der Waals surface area (Å²) < 4.78 is 23.7. The minimum Gasteiger partial charge on any atom is -0.508 e. The maximum atomic E-state index is 14.3. The highest BCUT2D eigenvalue weighted by Gasteiger charge is 2.25. The second-order valence-corrected chi connectivity index (χ2v) is 10.5. The molecule has 1 aromatic carbocycles. The number of benzene rings is 1. The molecule has 7 rings (SSSR count). The number of anilines is 1. The lowest BCUT2D eigenvalue weighted by Gasteiger charge is -2.26. The quantitative estimate of drug-likeness (QED) is 0.299. The Labute approximate surface area is 240 Å². The average molecular weight is 565 g/mol. The molecule has 0 amide bonds. The average Bonchev–Trinajstić information content (AvgIpc) is 3.58. The van der Waals surface area contributed by atoms with Crippen molar-refractivity contribution in [3.8, 4) is 28.4 Å². The summed E-state index contributed by atoms with van der Waals surface area (Å²) >= 11 is 0. The number of phenolic OH excluding ortho intramolecular Hbond substituents is 1. The SMILES string of the molecule is C[C@H](c1cc2ccccn2c1-c1ccc(CN2CCOCC2)cn1)n1nc(-c2cc(O)cc(F)c2)c2c(N)ncnc21. The smallest absolute Gasteiger partial charge is 0.164 e. The van der Waals surface area contributed by atoms with E-state index in [0.717, 1.165) is 66.9 Å². The highest BCUT2D eigenvalue weighted by Crippen LogP contribution is 2.38. The molecule has 6 aromatic rings. The van der Waals surface area contributed by atoms with Crippen molar-refractivity contribution in [2.45, 2.75) is 19.5 Å². The van der Waals surface area contributed by atoms with Crippen LogP contribution in [0.15, 0.2) is 73.3 Å². The zero-order valence-corrected chi connectivity index (χ0v) is 23.0. The molecule has 1 aliphatic heterocycles. The summed E-state index contributed by atoms with van der Waals surface area (Å²) in [6.45, 7) is 6.19. The van der Waals surface area contributed by atoms with E-state index in [1.54, 1.807) is 4.68 Å². The molecule has 212 valence electrons. The number of nitrogens with two attached hydrogens (primary N) is 1. The molecule has 42 heavy (non-hydrogen) atoms. The Kier molecular flexibility index (Phi) is 6.52. The summed E-state index contributed by atoms with van der Waals surface area (Å²) in [4.78, 5) is 16.0. The van der Waals surface area contributed by atoms with Crippen molar-refractivity contribution in [3.63, 3.8) is 0 Å². The number of pyridine rings is 2. The maximum Gasteiger partial charge on any atom is 0.164 e. The van der Waals surface area contributed by atoms with Crippen LogP contribution in [0.3, 0.4) is 0 Å². The molecule has 1 aliphatic rings. The lowest BCUT2D eigenvalue weighted by atomic mass is 10.1. The van der Waals surface area contributed by atoms with E-state index in [2.05, 4.69) is 43.5 Å². The lowest BCUT2D eigenvalue weighted by Crippen LogP contribution is -2.35. The summed E-state index contributed by atoms with van der Waals surface area (Å²) in [7, 11) is 0. The van der Waals surface area contributed by atoms with Gasteiger partial charge >= 0.3 is 0 Å². The van der Waals surface area contributed by atoms with Crippen molar-refractivity contribution in [3.05, 3.63) is 90.3 Å². The molecule has 0 bridgehead atoms. The zero-order chi connectivity index (χ0) is 28.8. The Morgan fingerprint density at radius 3 is 2.69 bits per heavy atom. The van der Waals surface area contributed by atoms with Gasteiger partial charge in [-0.05, 0) is 48.9 Å². The number of aromatic hydroxyl groups is 1. The molecule has 10 nitrogen and oxygen atoms in total. The fourth-order valence-electron chi connectivity index (χ4n) is 5.72. The third-order valence-electron chi connectivity index (χ3n) is 7.78. The van der Waals surface area contributed by atoms with E-state index in [-0.39, 0.29) is 17.6 Å². The first kappa shape index (κ1) is 26.1. The van der Waals surface area contributed by atoms with E-state index in [1.165, 1.54) is 18.5 Å². The summed E-state index contributed by atoms with van der Waals surface area (Å²) in [6.07, 6.45) is 5.35. The molecule has 1 fully saturated rings. The molecule has 0 spiro atoms. The van der Waals surface area contributed by atoms with Gasteiger partial charge in [0, 0.05) is 54.7 Å². The van der Waals surface area contributed by atoms with Gasteiger partial charge in [0.05, 0.1) is 36.0 Å². The Bertz CT molecular complexity index is 1890. The van der Waals surface area contributed by atoms with Gasteiger partial charge in [-0.2, -0.15) is 5.10 Å². The molecule has 6 heterocycles. The first-order valence-electron chi connectivity index (χ1n) is 13.8. The number of nitrogens with zero attached hydrogens (tertiary/aromatic N) is 7. The first-order valence-corrected chi connectivity index (χ1v) is 13.8. The van der Waals surface area contributed by atoms with E-state index in [0.29, 0.717) is 22.3 Å². The van der Waals surface area contributed by atoms with Crippen LogP contribution in [0, 0.1) is 5.82 Å². The van der Waals surface area contributed by atoms with Gasteiger partial charge in [-0.15, -0.1) is 0 Å². The van der Waals surface area contributed by atoms with Crippen LogP contribution in [-0.4, -0.2) is 65.4 Å². The van der Waals surface area contributed by atoms with Gasteiger partial charge in [0.15, 0.2) is 5.65 Å². The number of rotatable bonds is 6. The molecule has 3 N–H and O–H groups in total. The Hall–Kier alpha value is -4.87. The number of fused-ring (bicyclic) bond motifs is 2. The van der Waals surface area contributed by atoms with E-state index in [9.17, 15) is 9.50 Å². The maximum absolute atomic E-state index is 14.3. The highest BCUT2D eigenvalue weighted by atomic mass is 19.1. The number of ether oxygens (including phenoxy) is 1. The molecular formula is C31H29FN8O2. The van der Waals surface area contributed by atoms with Gasteiger partial charge in [-0.25, -0.2) is 19.0 Å². The van der Waals surface area contributed by atoms with Crippen molar-refractivity contribution >= 4 is 22.4 Å². The number of aromatic nitrogens is 6. The summed E-state index contributed by atoms with van der Waals surface area (Å²) in [5, 5.41) is 15.5.